The highest BCUT2D eigenvalue weighted by atomic mass is 16.5. The zero-order valence-electron chi connectivity index (χ0n) is 18.7. The fourth-order valence-electron chi connectivity index (χ4n) is 7.77. The normalized spacial score (nSPS) is 47.2. The molecule has 3 fully saturated rings. The molecule has 4 aliphatic rings. The maximum Gasteiger partial charge on any atom is 0.303 e. The molecule has 0 saturated heterocycles. The first-order valence-electron chi connectivity index (χ1n) is 11.5. The molecule has 3 unspecified atom stereocenters. The minimum Gasteiger partial charge on any atom is -0.462 e. The number of ether oxygens (including phenoxy) is 2. The number of allylic oxidation sites excluding steroid dienone is 1. The van der Waals surface area contributed by atoms with Crippen LogP contribution in [0, 0.1) is 34.5 Å². The third-order valence-corrected chi connectivity index (χ3v) is 8.99. The summed E-state index contributed by atoms with van der Waals surface area (Å²) >= 11 is 0. The van der Waals surface area contributed by atoms with Crippen LogP contribution in [0.2, 0.25) is 0 Å². The van der Waals surface area contributed by atoms with Crippen LogP contribution in [0.25, 0.3) is 0 Å². The van der Waals surface area contributed by atoms with Crippen LogP contribution in [0.3, 0.4) is 0 Å². The van der Waals surface area contributed by atoms with Crippen molar-refractivity contribution < 1.29 is 24.2 Å². The molecule has 1 N–H and O–H groups in total. The molecule has 0 aromatic rings. The van der Waals surface area contributed by atoms with Crippen molar-refractivity contribution in [3.8, 4) is 0 Å². The standard InChI is InChI=1S/C25H36O5/c1-6-16-7-8-19-22-21(30-15(3)27)12-17-11-18(29-14(2)26)9-10-24(17,4)23(22)20(28)13-25(16,19)5/h6,12,16,18-23,28H,1,7-11,13H2,2-5H3/t16-,18+,19?,20+,21+,22?,23?,24-,25+/m0/s1. The van der Waals surface area contributed by atoms with E-state index in [0.29, 0.717) is 18.3 Å². The zero-order chi connectivity index (χ0) is 21.8. The molecular weight excluding hydrogens is 380 g/mol. The van der Waals surface area contributed by atoms with Gasteiger partial charge in [-0.15, -0.1) is 6.58 Å². The molecule has 30 heavy (non-hydrogen) atoms. The Bertz CT molecular complexity index is 772. The fourth-order valence-corrected chi connectivity index (χ4v) is 7.77. The maximum absolute atomic E-state index is 12.0. The van der Waals surface area contributed by atoms with E-state index in [1.807, 2.05) is 0 Å². The monoisotopic (exact) mass is 416 g/mol. The van der Waals surface area contributed by atoms with Gasteiger partial charge >= 0.3 is 11.9 Å². The number of esters is 2. The van der Waals surface area contributed by atoms with Gasteiger partial charge in [-0.2, -0.15) is 0 Å². The Hall–Kier alpha value is -1.62. The van der Waals surface area contributed by atoms with Crippen molar-refractivity contribution >= 4 is 11.9 Å². The van der Waals surface area contributed by atoms with E-state index in [-0.39, 0.29) is 46.8 Å². The van der Waals surface area contributed by atoms with Gasteiger partial charge in [0.25, 0.3) is 0 Å². The second kappa shape index (κ2) is 7.51. The summed E-state index contributed by atoms with van der Waals surface area (Å²) in [5.74, 6) is 0.373. The molecule has 4 aliphatic carbocycles. The molecule has 5 heteroatoms. The van der Waals surface area contributed by atoms with Crippen LogP contribution in [0.15, 0.2) is 24.3 Å². The van der Waals surface area contributed by atoms with Crippen LogP contribution in [0.5, 0.6) is 0 Å². The first kappa shape index (κ1) is 21.6. The van der Waals surface area contributed by atoms with E-state index in [9.17, 15) is 14.7 Å². The number of fused-ring (bicyclic) bond motifs is 5. The third-order valence-electron chi connectivity index (χ3n) is 8.99. The van der Waals surface area contributed by atoms with Crippen molar-refractivity contribution in [1.29, 1.82) is 0 Å². The molecule has 5 nitrogen and oxygen atoms in total. The fraction of sp³-hybridized carbons (Fsp3) is 0.760. The second-order valence-electron chi connectivity index (χ2n) is 10.6. The van der Waals surface area contributed by atoms with Gasteiger partial charge in [-0.1, -0.05) is 25.5 Å². The molecule has 0 bridgehead atoms. The summed E-state index contributed by atoms with van der Waals surface area (Å²) in [6.07, 6.45) is 8.52. The molecule has 166 valence electrons. The Morgan fingerprint density at radius 1 is 1.17 bits per heavy atom. The van der Waals surface area contributed by atoms with Crippen LogP contribution < -0.4 is 0 Å². The van der Waals surface area contributed by atoms with Crippen molar-refractivity contribution in [1.82, 2.24) is 0 Å². The molecule has 0 aromatic carbocycles. The van der Waals surface area contributed by atoms with Crippen molar-refractivity contribution in [2.75, 3.05) is 0 Å². The highest BCUT2D eigenvalue weighted by Crippen LogP contribution is 2.66. The SMILES string of the molecule is C=C[C@H]1CCC2C3C([C@H](O)C[C@@]21C)[C@@]1(C)CC[C@@H](OC(C)=O)CC1=C[C@H]3OC(C)=O. The second-order valence-corrected chi connectivity index (χ2v) is 10.6. The minimum absolute atomic E-state index is 0.0165. The summed E-state index contributed by atoms with van der Waals surface area (Å²) in [7, 11) is 0. The van der Waals surface area contributed by atoms with Crippen molar-refractivity contribution in [3.63, 3.8) is 0 Å². The summed E-state index contributed by atoms with van der Waals surface area (Å²) in [5.41, 5.74) is 0.996. The highest BCUT2D eigenvalue weighted by Gasteiger charge is 2.64. The Morgan fingerprint density at radius 3 is 2.50 bits per heavy atom. The number of hydrogen-bond donors (Lipinski definition) is 1. The molecule has 0 heterocycles. The predicted molar refractivity (Wildman–Crippen MR) is 113 cm³/mol. The Labute approximate surface area is 179 Å². The van der Waals surface area contributed by atoms with Gasteiger partial charge in [-0.05, 0) is 60.8 Å². The lowest BCUT2D eigenvalue weighted by atomic mass is 9.46. The van der Waals surface area contributed by atoms with Gasteiger partial charge in [0, 0.05) is 32.1 Å². The molecular formula is C25H36O5. The zero-order valence-corrected chi connectivity index (χ0v) is 18.7. The smallest absolute Gasteiger partial charge is 0.303 e. The topological polar surface area (TPSA) is 72.8 Å². The summed E-state index contributed by atoms with van der Waals surface area (Å²) in [5, 5.41) is 11.5. The highest BCUT2D eigenvalue weighted by molar-refractivity contribution is 5.67. The summed E-state index contributed by atoms with van der Waals surface area (Å²) in [6.45, 7) is 11.5. The lowest BCUT2D eigenvalue weighted by Crippen LogP contribution is -2.60. The molecule has 0 amide bonds. The lowest BCUT2D eigenvalue weighted by molar-refractivity contribution is -0.174. The average Bonchev–Trinajstić information content (AvgIpc) is 2.97. The average molecular weight is 417 g/mol. The van der Waals surface area contributed by atoms with Crippen molar-refractivity contribution in [2.45, 2.75) is 84.5 Å². The number of aliphatic hydroxyl groups excluding tert-OH is 1. The van der Waals surface area contributed by atoms with Crippen molar-refractivity contribution in [2.24, 2.45) is 34.5 Å². The van der Waals surface area contributed by atoms with Crippen molar-refractivity contribution in [3.05, 3.63) is 24.3 Å². The maximum atomic E-state index is 12.0. The molecule has 0 aliphatic heterocycles. The molecule has 0 radical (unpaired) electrons. The van der Waals surface area contributed by atoms with Crippen LogP contribution in [0.1, 0.15) is 66.2 Å². The van der Waals surface area contributed by atoms with E-state index < -0.39 is 6.10 Å². The first-order chi connectivity index (χ1) is 14.1. The molecule has 0 aromatic heterocycles. The van der Waals surface area contributed by atoms with E-state index in [2.05, 4.69) is 32.6 Å². The molecule has 4 rings (SSSR count). The number of rotatable bonds is 3. The molecule has 9 atom stereocenters. The van der Waals surface area contributed by atoms with Crippen LogP contribution >= 0.6 is 0 Å². The van der Waals surface area contributed by atoms with Gasteiger partial charge in [-0.25, -0.2) is 0 Å². The lowest BCUT2D eigenvalue weighted by Gasteiger charge is -2.60. The van der Waals surface area contributed by atoms with E-state index >= 15 is 0 Å². The summed E-state index contributed by atoms with van der Waals surface area (Å²) < 4.78 is 11.4. The van der Waals surface area contributed by atoms with Crippen LogP contribution in [0.4, 0.5) is 0 Å². The van der Waals surface area contributed by atoms with E-state index in [4.69, 9.17) is 9.47 Å². The van der Waals surface area contributed by atoms with E-state index in [1.54, 1.807) is 0 Å². The molecule has 0 spiro atoms. The quantitative estimate of drug-likeness (QED) is 0.551. The number of aliphatic hydroxyl groups is 1. The van der Waals surface area contributed by atoms with Gasteiger partial charge < -0.3 is 14.6 Å². The first-order valence-corrected chi connectivity index (χ1v) is 11.5. The van der Waals surface area contributed by atoms with Gasteiger partial charge in [0.05, 0.1) is 6.10 Å². The summed E-state index contributed by atoms with van der Waals surface area (Å²) in [4.78, 5) is 23.5. The Kier molecular flexibility index (Phi) is 5.41. The number of carbonyl (C=O) groups is 2. The predicted octanol–water partition coefficient (Wildman–Crippen LogP) is 4.20. The number of hydrogen-bond acceptors (Lipinski definition) is 5. The Balaban J connectivity index is 1.76. The van der Waals surface area contributed by atoms with Gasteiger partial charge in [-0.3, -0.25) is 9.59 Å². The summed E-state index contributed by atoms with van der Waals surface area (Å²) in [6, 6.07) is 0. The largest absolute Gasteiger partial charge is 0.462 e. The van der Waals surface area contributed by atoms with Crippen LogP contribution in [-0.4, -0.2) is 35.4 Å². The third kappa shape index (κ3) is 3.24. The van der Waals surface area contributed by atoms with Crippen LogP contribution in [-0.2, 0) is 19.1 Å². The Morgan fingerprint density at radius 2 is 1.87 bits per heavy atom. The molecule has 3 saturated carbocycles. The van der Waals surface area contributed by atoms with Gasteiger partial charge in [0.2, 0.25) is 0 Å². The van der Waals surface area contributed by atoms with Gasteiger partial charge in [0.15, 0.2) is 0 Å². The number of carbonyl (C=O) groups excluding carboxylic acids is 2. The van der Waals surface area contributed by atoms with Gasteiger partial charge in [0.1, 0.15) is 12.2 Å². The minimum atomic E-state index is -0.450. The van der Waals surface area contributed by atoms with E-state index in [1.165, 1.54) is 19.4 Å². The van der Waals surface area contributed by atoms with E-state index in [0.717, 1.165) is 32.1 Å².